The van der Waals surface area contributed by atoms with Crippen LogP contribution in [0.15, 0.2) is 52.3 Å². The molecule has 0 amide bonds. The van der Waals surface area contributed by atoms with Crippen molar-refractivity contribution in [1.82, 2.24) is 0 Å². The highest BCUT2D eigenvalue weighted by atomic mass is 32.2. The van der Waals surface area contributed by atoms with Gasteiger partial charge < -0.3 is 10.5 Å². The molecule has 0 aliphatic heterocycles. The minimum Gasteiger partial charge on any atom is -0.497 e. The highest BCUT2D eigenvalue weighted by Crippen LogP contribution is 2.33. The molecule has 2 aromatic carbocycles. The van der Waals surface area contributed by atoms with Crippen LogP contribution < -0.4 is 10.5 Å². The van der Waals surface area contributed by atoms with E-state index in [1.54, 1.807) is 18.9 Å². The maximum absolute atomic E-state index is 5.69. The molecule has 0 aromatic heterocycles. The predicted molar refractivity (Wildman–Crippen MR) is 77.3 cm³/mol. The van der Waals surface area contributed by atoms with Gasteiger partial charge in [0.1, 0.15) is 5.75 Å². The van der Waals surface area contributed by atoms with Crippen molar-refractivity contribution in [3.05, 3.63) is 48.0 Å². The van der Waals surface area contributed by atoms with Gasteiger partial charge in [0.2, 0.25) is 0 Å². The summed E-state index contributed by atoms with van der Waals surface area (Å²) in [4.78, 5) is 2.46. The number of hydrogen-bond acceptors (Lipinski definition) is 3. The molecule has 0 saturated carbocycles. The summed E-state index contributed by atoms with van der Waals surface area (Å²) >= 11 is 1.76. The fourth-order valence-corrected chi connectivity index (χ4v) is 2.72. The van der Waals surface area contributed by atoms with Crippen molar-refractivity contribution >= 4 is 17.4 Å². The fourth-order valence-electron chi connectivity index (χ4n) is 1.72. The lowest BCUT2D eigenvalue weighted by Gasteiger charge is -2.09. The molecular formula is C15H17NOS. The molecule has 0 bridgehead atoms. The van der Waals surface area contributed by atoms with Gasteiger partial charge in [-0.1, -0.05) is 18.7 Å². The van der Waals surface area contributed by atoms with Crippen LogP contribution >= 0.6 is 11.8 Å². The molecule has 3 heteroatoms. The third-order valence-electron chi connectivity index (χ3n) is 2.76. The highest BCUT2D eigenvalue weighted by molar-refractivity contribution is 7.99. The molecule has 0 atom stereocenters. The third-order valence-corrected chi connectivity index (χ3v) is 3.88. The van der Waals surface area contributed by atoms with Crippen molar-refractivity contribution in [1.29, 1.82) is 0 Å². The third kappa shape index (κ3) is 2.99. The summed E-state index contributed by atoms with van der Waals surface area (Å²) in [6.45, 7) is 2.15. The molecule has 0 spiro atoms. The van der Waals surface area contributed by atoms with Crippen molar-refractivity contribution in [2.45, 2.75) is 23.1 Å². The van der Waals surface area contributed by atoms with E-state index in [1.807, 2.05) is 30.3 Å². The number of hydrogen-bond donors (Lipinski definition) is 1. The van der Waals surface area contributed by atoms with Crippen LogP contribution in [0.3, 0.4) is 0 Å². The summed E-state index contributed by atoms with van der Waals surface area (Å²) in [5.41, 5.74) is 7.79. The van der Waals surface area contributed by atoms with E-state index >= 15 is 0 Å². The molecule has 0 heterocycles. The molecule has 0 saturated heterocycles. The lowest BCUT2D eigenvalue weighted by molar-refractivity contribution is 0.414. The Balaban J connectivity index is 2.25. The van der Waals surface area contributed by atoms with Crippen LogP contribution in [0.4, 0.5) is 5.69 Å². The first-order valence-electron chi connectivity index (χ1n) is 5.93. The van der Waals surface area contributed by atoms with Crippen molar-refractivity contribution < 1.29 is 4.74 Å². The molecule has 2 N–H and O–H groups in total. The number of ether oxygens (including phenoxy) is 1. The Morgan fingerprint density at radius 1 is 1.11 bits per heavy atom. The van der Waals surface area contributed by atoms with E-state index in [9.17, 15) is 0 Å². The Labute approximate surface area is 112 Å². The van der Waals surface area contributed by atoms with Gasteiger partial charge in [0.15, 0.2) is 0 Å². The Morgan fingerprint density at radius 2 is 1.83 bits per heavy atom. The maximum Gasteiger partial charge on any atom is 0.119 e. The molecule has 2 nitrogen and oxygen atoms in total. The minimum atomic E-state index is 0.796. The number of nitrogens with two attached hydrogens (primary N) is 1. The summed E-state index contributed by atoms with van der Waals surface area (Å²) in [6.07, 6.45) is 0.995. The van der Waals surface area contributed by atoms with E-state index in [0.29, 0.717) is 0 Å². The zero-order valence-electron chi connectivity index (χ0n) is 10.6. The number of nitrogen functional groups attached to an aromatic ring is 1. The quantitative estimate of drug-likeness (QED) is 0.843. The summed E-state index contributed by atoms with van der Waals surface area (Å²) in [5, 5.41) is 0. The van der Waals surface area contributed by atoms with E-state index in [4.69, 9.17) is 10.5 Å². The average Bonchev–Trinajstić information content (AvgIpc) is 2.41. The Morgan fingerprint density at radius 3 is 2.44 bits per heavy atom. The van der Waals surface area contributed by atoms with Crippen molar-refractivity contribution in [3.8, 4) is 5.75 Å². The number of anilines is 1. The molecule has 18 heavy (non-hydrogen) atoms. The van der Waals surface area contributed by atoms with Crippen LogP contribution in [-0.2, 0) is 6.42 Å². The Hall–Kier alpha value is -1.61. The van der Waals surface area contributed by atoms with Crippen LogP contribution in [-0.4, -0.2) is 7.11 Å². The molecule has 2 aromatic rings. The van der Waals surface area contributed by atoms with Gasteiger partial charge in [-0.3, -0.25) is 0 Å². The standard InChI is InChI=1S/C15H17NOS/c1-3-11-10-13(17-2)6-9-15(11)18-14-7-4-12(16)5-8-14/h4-10H,3,16H2,1-2H3. The molecule has 0 fully saturated rings. The van der Waals surface area contributed by atoms with Crippen LogP contribution in [0, 0.1) is 0 Å². The highest BCUT2D eigenvalue weighted by Gasteiger charge is 2.05. The Kier molecular flexibility index (Phi) is 4.15. The number of methoxy groups -OCH3 is 1. The lowest BCUT2D eigenvalue weighted by atomic mass is 10.1. The topological polar surface area (TPSA) is 35.2 Å². The zero-order valence-corrected chi connectivity index (χ0v) is 11.5. The second kappa shape index (κ2) is 5.83. The van der Waals surface area contributed by atoms with Gasteiger partial charge in [-0.05, 0) is 54.4 Å². The molecule has 0 aliphatic rings. The predicted octanol–water partition coefficient (Wildman–Crippen LogP) is 3.99. The first-order chi connectivity index (χ1) is 8.72. The summed E-state index contributed by atoms with van der Waals surface area (Å²) in [5.74, 6) is 0.911. The van der Waals surface area contributed by atoms with Crippen LogP contribution in [0.25, 0.3) is 0 Å². The molecule has 0 unspecified atom stereocenters. The zero-order chi connectivity index (χ0) is 13.0. The van der Waals surface area contributed by atoms with Gasteiger partial charge in [0.05, 0.1) is 7.11 Å². The molecule has 2 rings (SSSR count). The van der Waals surface area contributed by atoms with Crippen molar-refractivity contribution in [3.63, 3.8) is 0 Å². The van der Waals surface area contributed by atoms with Gasteiger partial charge >= 0.3 is 0 Å². The van der Waals surface area contributed by atoms with Crippen LogP contribution in [0.5, 0.6) is 5.75 Å². The van der Waals surface area contributed by atoms with E-state index in [-0.39, 0.29) is 0 Å². The lowest BCUT2D eigenvalue weighted by Crippen LogP contribution is -1.89. The SMILES string of the molecule is CCc1cc(OC)ccc1Sc1ccc(N)cc1. The summed E-state index contributed by atoms with van der Waals surface area (Å²) < 4.78 is 5.25. The number of aryl methyl sites for hydroxylation is 1. The summed E-state index contributed by atoms with van der Waals surface area (Å²) in [7, 11) is 1.70. The van der Waals surface area contributed by atoms with Crippen molar-refractivity contribution in [2.24, 2.45) is 0 Å². The molecular weight excluding hydrogens is 242 g/mol. The maximum atomic E-state index is 5.69. The fraction of sp³-hybridized carbons (Fsp3) is 0.200. The minimum absolute atomic E-state index is 0.796. The monoisotopic (exact) mass is 259 g/mol. The van der Waals surface area contributed by atoms with Crippen molar-refractivity contribution in [2.75, 3.05) is 12.8 Å². The average molecular weight is 259 g/mol. The van der Waals surface area contributed by atoms with Gasteiger partial charge in [0.25, 0.3) is 0 Å². The van der Waals surface area contributed by atoms with Gasteiger partial charge in [-0.25, -0.2) is 0 Å². The second-order valence-corrected chi connectivity index (χ2v) is 5.11. The Bertz CT molecular complexity index is 523. The molecule has 0 radical (unpaired) electrons. The van der Waals surface area contributed by atoms with Gasteiger partial charge in [-0.15, -0.1) is 0 Å². The number of rotatable bonds is 4. The summed E-state index contributed by atoms with van der Waals surface area (Å²) in [6, 6.07) is 14.2. The largest absolute Gasteiger partial charge is 0.497 e. The van der Waals surface area contributed by atoms with Crippen LogP contribution in [0.1, 0.15) is 12.5 Å². The van der Waals surface area contributed by atoms with Crippen LogP contribution in [0.2, 0.25) is 0 Å². The van der Waals surface area contributed by atoms with Gasteiger partial charge in [0, 0.05) is 15.5 Å². The first-order valence-corrected chi connectivity index (χ1v) is 6.75. The van der Waals surface area contributed by atoms with Gasteiger partial charge in [-0.2, -0.15) is 0 Å². The van der Waals surface area contributed by atoms with E-state index in [2.05, 4.69) is 19.1 Å². The van der Waals surface area contributed by atoms with E-state index in [0.717, 1.165) is 17.9 Å². The molecule has 0 aliphatic carbocycles. The molecule has 94 valence electrons. The smallest absolute Gasteiger partial charge is 0.119 e. The second-order valence-electron chi connectivity index (χ2n) is 4.00. The van der Waals surface area contributed by atoms with E-state index in [1.165, 1.54) is 15.4 Å². The van der Waals surface area contributed by atoms with E-state index < -0.39 is 0 Å². The number of benzene rings is 2. The first kappa shape index (κ1) is 12.8. The normalized spacial score (nSPS) is 10.3.